The largest absolute Gasteiger partial charge is 0.326 e. The fraction of sp³-hybridized carbons (Fsp3) is 0.174. The lowest BCUT2D eigenvalue weighted by Gasteiger charge is -2.09. The van der Waals surface area contributed by atoms with Crippen LogP contribution in [0.25, 0.3) is 16.7 Å². The second-order valence-corrected chi connectivity index (χ2v) is 7.39. The number of carbonyl (C=O) groups is 1. The molecule has 0 bridgehead atoms. The summed E-state index contributed by atoms with van der Waals surface area (Å²) in [5.74, 6) is -2.94. The fourth-order valence-corrected chi connectivity index (χ4v) is 3.60. The van der Waals surface area contributed by atoms with Crippen LogP contribution in [0.1, 0.15) is 17.7 Å². The van der Waals surface area contributed by atoms with Crippen LogP contribution >= 0.6 is 0 Å². The van der Waals surface area contributed by atoms with Crippen LogP contribution in [0.4, 0.5) is 18.9 Å². The summed E-state index contributed by atoms with van der Waals surface area (Å²) in [6.45, 7) is 3.65. The molecule has 0 atom stereocenters. The van der Waals surface area contributed by atoms with E-state index in [0.717, 1.165) is 17.8 Å². The minimum absolute atomic E-state index is 0.0426. The Balaban J connectivity index is 1.60. The summed E-state index contributed by atoms with van der Waals surface area (Å²) < 4.78 is 43.1. The Labute approximate surface area is 180 Å². The number of carbonyl (C=O) groups excluding carboxylic acids is 1. The molecule has 0 aliphatic heterocycles. The number of hydrogen-bond acceptors (Lipinski definition) is 3. The molecule has 0 saturated heterocycles. The normalized spacial score (nSPS) is 11.2. The molecule has 1 amide bonds. The summed E-state index contributed by atoms with van der Waals surface area (Å²) in [5, 5.41) is 2.85. The van der Waals surface area contributed by atoms with Gasteiger partial charge in [-0.25, -0.2) is 18.2 Å². The van der Waals surface area contributed by atoms with E-state index in [1.54, 1.807) is 23.6 Å². The van der Waals surface area contributed by atoms with Crippen LogP contribution in [0.3, 0.4) is 0 Å². The summed E-state index contributed by atoms with van der Waals surface area (Å²) in [4.78, 5) is 29.7. The van der Waals surface area contributed by atoms with Crippen molar-refractivity contribution in [1.29, 1.82) is 0 Å². The van der Waals surface area contributed by atoms with Crippen LogP contribution in [0.5, 0.6) is 0 Å². The van der Waals surface area contributed by atoms with Crippen LogP contribution in [0, 0.1) is 31.3 Å². The third-order valence-electron chi connectivity index (χ3n) is 5.33. The molecule has 4 rings (SSSR count). The molecule has 0 aliphatic carbocycles. The number of halogens is 3. The highest BCUT2D eigenvalue weighted by molar-refractivity contribution is 5.90. The third-order valence-corrected chi connectivity index (χ3v) is 5.33. The first-order valence-corrected chi connectivity index (χ1v) is 9.84. The highest BCUT2D eigenvalue weighted by atomic mass is 19.2. The lowest BCUT2D eigenvalue weighted by Crippen LogP contribution is -2.24. The monoisotopic (exact) mass is 440 g/mol. The summed E-state index contributed by atoms with van der Waals surface area (Å²) in [5.41, 5.74) is 2.21. The van der Waals surface area contributed by atoms with Crippen LogP contribution in [0.15, 0.2) is 53.6 Å². The number of fused-ring (bicyclic) bond motifs is 1. The molecule has 32 heavy (non-hydrogen) atoms. The summed E-state index contributed by atoms with van der Waals surface area (Å²) in [7, 11) is 0. The smallest absolute Gasteiger partial charge is 0.263 e. The van der Waals surface area contributed by atoms with Gasteiger partial charge in [-0.15, -0.1) is 0 Å². The van der Waals surface area contributed by atoms with Gasteiger partial charge in [0.15, 0.2) is 17.3 Å². The van der Waals surface area contributed by atoms with Gasteiger partial charge in [-0.1, -0.05) is 6.07 Å². The molecule has 9 heteroatoms. The van der Waals surface area contributed by atoms with Gasteiger partial charge in [0.2, 0.25) is 5.91 Å². The molecule has 2 aromatic heterocycles. The SMILES string of the molecule is Cc1c(C)n(-c2cccc(F)c2)c2ncn(CCC(=O)Nc3ccc(F)c(F)c3)c(=O)c12. The Morgan fingerprint density at radius 3 is 2.56 bits per heavy atom. The standard InChI is InChI=1S/C23H19F3N4O2/c1-13-14(2)30(17-5-3-4-15(24)10-17)22-21(13)23(32)29(12-27-22)9-8-20(31)28-16-6-7-18(25)19(26)11-16/h3-7,10-12H,8-9H2,1-2H3,(H,28,31). The molecular weight excluding hydrogens is 421 g/mol. The first-order valence-electron chi connectivity index (χ1n) is 9.84. The van der Waals surface area contributed by atoms with Crippen LogP contribution < -0.4 is 10.9 Å². The second kappa shape index (κ2) is 8.33. The number of anilines is 1. The minimum Gasteiger partial charge on any atom is -0.326 e. The van der Waals surface area contributed by atoms with E-state index in [-0.39, 0.29) is 24.2 Å². The molecule has 0 fully saturated rings. The lowest BCUT2D eigenvalue weighted by atomic mass is 10.2. The van der Waals surface area contributed by atoms with Crippen molar-refractivity contribution in [3.05, 3.63) is 87.9 Å². The quantitative estimate of drug-likeness (QED) is 0.505. The van der Waals surface area contributed by atoms with E-state index in [1.807, 2.05) is 6.92 Å². The van der Waals surface area contributed by atoms with E-state index >= 15 is 0 Å². The van der Waals surface area contributed by atoms with Gasteiger partial charge >= 0.3 is 0 Å². The number of amides is 1. The van der Waals surface area contributed by atoms with E-state index in [0.29, 0.717) is 22.3 Å². The fourth-order valence-electron chi connectivity index (χ4n) is 3.60. The second-order valence-electron chi connectivity index (χ2n) is 7.39. The topological polar surface area (TPSA) is 68.9 Å². The zero-order chi connectivity index (χ0) is 23.0. The lowest BCUT2D eigenvalue weighted by molar-refractivity contribution is -0.116. The van der Waals surface area contributed by atoms with Gasteiger partial charge in [-0.2, -0.15) is 0 Å². The Hall–Kier alpha value is -3.88. The highest BCUT2D eigenvalue weighted by Crippen LogP contribution is 2.25. The van der Waals surface area contributed by atoms with Crippen LogP contribution in [-0.4, -0.2) is 20.0 Å². The maximum atomic E-state index is 13.7. The molecule has 164 valence electrons. The molecule has 0 unspecified atom stereocenters. The summed E-state index contributed by atoms with van der Waals surface area (Å²) >= 11 is 0. The van der Waals surface area contributed by atoms with Crippen molar-refractivity contribution < 1.29 is 18.0 Å². The summed E-state index contributed by atoms with van der Waals surface area (Å²) in [6, 6.07) is 9.06. The first kappa shape index (κ1) is 21.4. The number of rotatable bonds is 5. The molecule has 0 spiro atoms. The molecule has 2 heterocycles. The Morgan fingerprint density at radius 1 is 1.06 bits per heavy atom. The van der Waals surface area contributed by atoms with Crippen molar-refractivity contribution in [3.8, 4) is 5.69 Å². The Morgan fingerprint density at radius 2 is 1.84 bits per heavy atom. The van der Waals surface area contributed by atoms with Gasteiger partial charge in [0.1, 0.15) is 5.82 Å². The number of aromatic nitrogens is 3. The van der Waals surface area contributed by atoms with Gasteiger partial charge in [0.05, 0.1) is 17.4 Å². The molecule has 6 nitrogen and oxygen atoms in total. The van der Waals surface area contributed by atoms with E-state index in [4.69, 9.17) is 0 Å². The number of nitrogens with zero attached hydrogens (tertiary/aromatic N) is 3. The number of nitrogens with one attached hydrogen (secondary N) is 1. The number of aryl methyl sites for hydroxylation is 2. The molecule has 1 N–H and O–H groups in total. The highest BCUT2D eigenvalue weighted by Gasteiger charge is 2.18. The van der Waals surface area contributed by atoms with E-state index < -0.39 is 23.4 Å². The predicted octanol–water partition coefficient (Wildman–Crippen LogP) is 4.25. The van der Waals surface area contributed by atoms with Crippen LogP contribution in [-0.2, 0) is 11.3 Å². The Bertz CT molecular complexity index is 1410. The van der Waals surface area contributed by atoms with Crippen LogP contribution in [0.2, 0.25) is 0 Å². The summed E-state index contributed by atoms with van der Waals surface area (Å²) in [6.07, 6.45) is 1.26. The van der Waals surface area contributed by atoms with Gasteiger partial charge in [-0.05, 0) is 49.7 Å². The number of hydrogen-bond donors (Lipinski definition) is 1. The average molecular weight is 440 g/mol. The molecular formula is C23H19F3N4O2. The first-order chi connectivity index (χ1) is 15.3. The van der Waals surface area contributed by atoms with Crippen molar-refractivity contribution in [1.82, 2.24) is 14.1 Å². The van der Waals surface area contributed by atoms with Gasteiger partial charge < -0.3 is 5.32 Å². The van der Waals surface area contributed by atoms with Crippen molar-refractivity contribution >= 4 is 22.6 Å². The maximum absolute atomic E-state index is 13.7. The van der Waals surface area contributed by atoms with E-state index in [9.17, 15) is 22.8 Å². The average Bonchev–Trinajstić information content (AvgIpc) is 3.01. The van der Waals surface area contributed by atoms with Crippen molar-refractivity contribution in [3.63, 3.8) is 0 Å². The zero-order valence-corrected chi connectivity index (χ0v) is 17.3. The third kappa shape index (κ3) is 3.89. The van der Waals surface area contributed by atoms with E-state index in [2.05, 4.69) is 10.3 Å². The number of benzene rings is 2. The van der Waals surface area contributed by atoms with Gasteiger partial charge in [0.25, 0.3) is 5.56 Å². The van der Waals surface area contributed by atoms with Gasteiger partial charge in [-0.3, -0.25) is 18.7 Å². The van der Waals surface area contributed by atoms with Crippen molar-refractivity contribution in [2.24, 2.45) is 0 Å². The minimum atomic E-state index is -1.07. The predicted molar refractivity (Wildman–Crippen MR) is 114 cm³/mol. The molecule has 2 aromatic carbocycles. The molecule has 0 radical (unpaired) electrons. The molecule has 0 aliphatic rings. The Kier molecular flexibility index (Phi) is 5.56. The van der Waals surface area contributed by atoms with Crippen molar-refractivity contribution in [2.75, 3.05) is 5.32 Å². The zero-order valence-electron chi connectivity index (χ0n) is 17.3. The molecule has 4 aromatic rings. The van der Waals surface area contributed by atoms with Crippen molar-refractivity contribution in [2.45, 2.75) is 26.8 Å². The van der Waals surface area contributed by atoms with Gasteiger partial charge in [0, 0.05) is 30.4 Å². The molecule has 0 saturated carbocycles. The van der Waals surface area contributed by atoms with E-state index in [1.165, 1.54) is 29.1 Å². The maximum Gasteiger partial charge on any atom is 0.263 e.